The van der Waals surface area contributed by atoms with E-state index in [0.717, 1.165) is 96.3 Å². The molecule has 0 aliphatic heterocycles. The summed E-state index contributed by atoms with van der Waals surface area (Å²) in [6.07, 6.45) is 41.4. The average molecular weight is 689 g/mol. The lowest BCUT2D eigenvalue weighted by Gasteiger charge is -2.18. The molecule has 6 heteroatoms. The van der Waals surface area contributed by atoms with Gasteiger partial charge in [0, 0.05) is 19.3 Å². The van der Waals surface area contributed by atoms with Gasteiger partial charge in [0.15, 0.2) is 6.10 Å². The quantitative estimate of drug-likeness (QED) is 0.0282. The molecule has 0 aromatic carbocycles. The maximum Gasteiger partial charge on any atom is 0.306 e. The molecule has 1 unspecified atom stereocenters. The molecule has 0 heterocycles. The molecule has 0 aliphatic carbocycles. The van der Waals surface area contributed by atoms with E-state index in [0.29, 0.717) is 19.3 Å². The first-order chi connectivity index (χ1) is 24.0. The van der Waals surface area contributed by atoms with Crippen LogP contribution in [0.5, 0.6) is 0 Å². The standard InChI is InChI=1S/C43H76O6/c1-4-7-10-13-16-18-20-22-24-25-27-30-33-36-42(45)48-39-40(38-47-41(44)35-32-29-15-12-9-6-3)49-43(46)37-34-31-28-26-23-21-19-17-14-11-8-5-2/h10,13,17-20,40H,4-9,11-12,14-16,21-39H2,1-3H3/b13-10-,19-17-,20-18-. The van der Waals surface area contributed by atoms with Gasteiger partial charge in [0.25, 0.3) is 0 Å². The Hall–Kier alpha value is -2.37. The fourth-order valence-corrected chi connectivity index (χ4v) is 5.47. The molecular formula is C43H76O6. The van der Waals surface area contributed by atoms with Crippen LogP contribution in [0.1, 0.15) is 201 Å². The van der Waals surface area contributed by atoms with Crippen LogP contribution in [-0.4, -0.2) is 37.2 Å². The number of esters is 3. The van der Waals surface area contributed by atoms with Crippen LogP contribution in [0.4, 0.5) is 0 Å². The molecule has 0 N–H and O–H groups in total. The first kappa shape index (κ1) is 46.6. The lowest BCUT2D eigenvalue weighted by atomic mass is 10.1. The first-order valence-electron chi connectivity index (χ1n) is 20.5. The Balaban J connectivity index is 4.34. The highest BCUT2D eigenvalue weighted by Gasteiger charge is 2.19. The Morgan fingerprint density at radius 2 is 0.776 bits per heavy atom. The Bertz CT molecular complexity index is 845. The Kier molecular flexibility index (Phi) is 36.6. The van der Waals surface area contributed by atoms with Gasteiger partial charge in [-0.3, -0.25) is 14.4 Å². The van der Waals surface area contributed by atoms with E-state index in [-0.39, 0.29) is 31.1 Å². The van der Waals surface area contributed by atoms with E-state index in [1.165, 1.54) is 64.2 Å². The van der Waals surface area contributed by atoms with Crippen molar-refractivity contribution in [2.45, 2.75) is 207 Å². The normalized spacial score (nSPS) is 12.3. The maximum absolute atomic E-state index is 12.6. The third-order valence-electron chi connectivity index (χ3n) is 8.60. The molecule has 0 aromatic heterocycles. The van der Waals surface area contributed by atoms with E-state index in [4.69, 9.17) is 14.2 Å². The minimum absolute atomic E-state index is 0.0802. The number of ether oxygens (including phenoxy) is 3. The predicted octanol–water partition coefficient (Wildman–Crippen LogP) is 12.6. The van der Waals surface area contributed by atoms with Gasteiger partial charge in [0.1, 0.15) is 13.2 Å². The van der Waals surface area contributed by atoms with Gasteiger partial charge in [-0.1, -0.05) is 147 Å². The number of allylic oxidation sites excluding steroid dienone is 6. The molecule has 0 saturated heterocycles. The van der Waals surface area contributed by atoms with Gasteiger partial charge in [-0.15, -0.1) is 0 Å². The molecule has 0 radical (unpaired) electrons. The number of rotatable bonds is 36. The minimum Gasteiger partial charge on any atom is -0.462 e. The van der Waals surface area contributed by atoms with Gasteiger partial charge in [0.2, 0.25) is 0 Å². The molecule has 0 amide bonds. The van der Waals surface area contributed by atoms with Gasteiger partial charge in [-0.2, -0.15) is 0 Å². The van der Waals surface area contributed by atoms with Crippen LogP contribution in [0.15, 0.2) is 36.5 Å². The van der Waals surface area contributed by atoms with Crippen LogP contribution >= 0.6 is 0 Å². The lowest BCUT2D eigenvalue weighted by molar-refractivity contribution is -0.167. The maximum atomic E-state index is 12.6. The summed E-state index contributed by atoms with van der Waals surface area (Å²) < 4.78 is 16.5. The molecule has 284 valence electrons. The second-order valence-corrected chi connectivity index (χ2v) is 13.5. The smallest absolute Gasteiger partial charge is 0.306 e. The van der Waals surface area contributed by atoms with Crippen molar-refractivity contribution < 1.29 is 28.6 Å². The highest BCUT2D eigenvalue weighted by atomic mass is 16.6. The molecule has 0 bridgehead atoms. The summed E-state index contributed by atoms with van der Waals surface area (Å²) in [5, 5.41) is 0. The van der Waals surface area contributed by atoms with Crippen LogP contribution in [0.2, 0.25) is 0 Å². The van der Waals surface area contributed by atoms with E-state index in [1.54, 1.807) is 0 Å². The van der Waals surface area contributed by atoms with Gasteiger partial charge in [0.05, 0.1) is 0 Å². The third-order valence-corrected chi connectivity index (χ3v) is 8.60. The molecule has 0 rings (SSSR count). The molecule has 6 nitrogen and oxygen atoms in total. The molecule has 0 saturated carbocycles. The zero-order valence-electron chi connectivity index (χ0n) is 32.2. The number of carbonyl (C=O) groups excluding carboxylic acids is 3. The summed E-state index contributed by atoms with van der Waals surface area (Å²) in [7, 11) is 0. The van der Waals surface area contributed by atoms with Crippen molar-refractivity contribution in [3.8, 4) is 0 Å². The van der Waals surface area contributed by atoms with Gasteiger partial charge >= 0.3 is 17.9 Å². The Morgan fingerprint density at radius 1 is 0.408 bits per heavy atom. The Labute approximate surface area is 302 Å². The molecule has 0 fully saturated rings. The molecular weight excluding hydrogens is 612 g/mol. The van der Waals surface area contributed by atoms with Crippen molar-refractivity contribution in [2.24, 2.45) is 0 Å². The minimum atomic E-state index is -0.774. The van der Waals surface area contributed by atoms with Crippen LogP contribution in [-0.2, 0) is 28.6 Å². The molecule has 1 atom stereocenters. The third kappa shape index (κ3) is 36.7. The molecule has 49 heavy (non-hydrogen) atoms. The Morgan fingerprint density at radius 3 is 1.27 bits per heavy atom. The van der Waals surface area contributed by atoms with Crippen molar-refractivity contribution in [3.05, 3.63) is 36.5 Å². The highest BCUT2D eigenvalue weighted by Crippen LogP contribution is 2.13. The van der Waals surface area contributed by atoms with Crippen LogP contribution in [0.3, 0.4) is 0 Å². The van der Waals surface area contributed by atoms with Crippen LogP contribution in [0, 0.1) is 0 Å². The van der Waals surface area contributed by atoms with E-state index in [2.05, 4.69) is 57.2 Å². The summed E-state index contributed by atoms with van der Waals surface area (Å²) in [4.78, 5) is 37.4. The predicted molar refractivity (Wildman–Crippen MR) is 206 cm³/mol. The number of carbonyl (C=O) groups is 3. The summed E-state index contributed by atoms with van der Waals surface area (Å²) in [5.74, 6) is -0.918. The summed E-state index contributed by atoms with van der Waals surface area (Å²) >= 11 is 0. The monoisotopic (exact) mass is 689 g/mol. The second kappa shape index (κ2) is 38.4. The highest BCUT2D eigenvalue weighted by molar-refractivity contribution is 5.71. The van der Waals surface area contributed by atoms with Gasteiger partial charge in [-0.05, 0) is 70.6 Å². The fourth-order valence-electron chi connectivity index (χ4n) is 5.47. The molecule has 0 spiro atoms. The number of unbranched alkanes of at least 4 members (excludes halogenated alkanes) is 19. The first-order valence-corrected chi connectivity index (χ1v) is 20.5. The van der Waals surface area contributed by atoms with Crippen LogP contribution < -0.4 is 0 Å². The second-order valence-electron chi connectivity index (χ2n) is 13.5. The molecule has 0 aromatic rings. The fraction of sp³-hybridized carbons (Fsp3) is 0.791. The van der Waals surface area contributed by atoms with Crippen molar-refractivity contribution in [1.29, 1.82) is 0 Å². The number of hydrogen-bond acceptors (Lipinski definition) is 6. The lowest BCUT2D eigenvalue weighted by Crippen LogP contribution is -2.30. The van der Waals surface area contributed by atoms with Crippen LogP contribution in [0.25, 0.3) is 0 Å². The largest absolute Gasteiger partial charge is 0.462 e. The summed E-state index contributed by atoms with van der Waals surface area (Å²) in [6, 6.07) is 0. The van der Waals surface area contributed by atoms with E-state index < -0.39 is 6.10 Å². The zero-order valence-corrected chi connectivity index (χ0v) is 32.2. The summed E-state index contributed by atoms with van der Waals surface area (Å²) in [6.45, 7) is 6.44. The average Bonchev–Trinajstić information content (AvgIpc) is 3.10. The van der Waals surface area contributed by atoms with E-state index in [1.807, 2.05) is 0 Å². The van der Waals surface area contributed by atoms with Crippen molar-refractivity contribution in [3.63, 3.8) is 0 Å². The zero-order chi connectivity index (χ0) is 35.9. The van der Waals surface area contributed by atoms with Crippen molar-refractivity contribution in [2.75, 3.05) is 13.2 Å². The van der Waals surface area contributed by atoms with E-state index in [9.17, 15) is 14.4 Å². The topological polar surface area (TPSA) is 78.9 Å². The summed E-state index contributed by atoms with van der Waals surface area (Å²) in [5.41, 5.74) is 0. The number of hydrogen-bond donors (Lipinski definition) is 0. The van der Waals surface area contributed by atoms with Crippen molar-refractivity contribution >= 4 is 17.9 Å². The van der Waals surface area contributed by atoms with Gasteiger partial charge < -0.3 is 14.2 Å². The SMILES string of the molecule is CCC/C=C\C/C=C\CCCCCCCC(=O)OCC(COC(=O)CCCCCCCC)OC(=O)CCCCCCC/C=C\CCCCC. The van der Waals surface area contributed by atoms with Crippen molar-refractivity contribution in [1.82, 2.24) is 0 Å². The molecule has 0 aliphatic rings. The van der Waals surface area contributed by atoms with Gasteiger partial charge in [-0.25, -0.2) is 0 Å². The van der Waals surface area contributed by atoms with E-state index >= 15 is 0 Å².